The summed E-state index contributed by atoms with van der Waals surface area (Å²) < 4.78 is 0. The number of nitrogens with zero attached hydrogens (tertiary/aromatic N) is 2. The molecule has 0 spiro atoms. The molecule has 0 aromatic heterocycles. The zero-order chi connectivity index (χ0) is 12.9. The molecule has 2 aromatic carbocycles. The smallest absolute Gasteiger partial charge is 0.160 e. The second-order valence-electron chi connectivity index (χ2n) is 4.93. The Morgan fingerprint density at radius 1 is 1.06 bits per heavy atom. The molecule has 92 valence electrons. The van der Waals surface area contributed by atoms with E-state index in [1.807, 2.05) is 18.2 Å². The van der Waals surface area contributed by atoms with E-state index in [-0.39, 0.29) is 5.78 Å². The Bertz CT molecular complexity index is 634. The first-order valence-electron chi connectivity index (χ1n) is 6.08. The second-order valence-corrected chi connectivity index (χ2v) is 4.93. The van der Waals surface area contributed by atoms with Crippen molar-refractivity contribution in [3.05, 3.63) is 35.9 Å². The Morgan fingerprint density at radius 3 is 2.39 bits per heavy atom. The van der Waals surface area contributed by atoms with Crippen LogP contribution >= 0.6 is 0 Å². The van der Waals surface area contributed by atoms with E-state index in [4.69, 9.17) is 0 Å². The molecule has 1 aliphatic heterocycles. The molecule has 3 rings (SSSR count). The summed E-state index contributed by atoms with van der Waals surface area (Å²) in [5.74, 6) is 0.120. The lowest BCUT2D eigenvalue weighted by Gasteiger charge is -2.35. The number of hydrogen-bond acceptors (Lipinski definition) is 3. The van der Waals surface area contributed by atoms with Crippen molar-refractivity contribution in [1.82, 2.24) is 0 Å². The van der Waals surface area contributed by atoms with Crippen LogP contribution in [-0.4, -0.2) is 26.5 Å². The van der Waals surface area contributed by atoms with Crippen molar-refractivity contribution in [2.45, 2.75) is 6.92 Å². The van der Waals surface area contributed by atoms with Gasteiger partial charge in [0.2, 0.25) is 0 Å². The molecule has 18 heavy (non-hydrogen) atoms. The predicted molar refractivity (Wildman–Crippen MR) is 75.6 cm³/mol. The highest BCUT2D eigenvalue weighted by Gasteiger charge is 2.21. The second kappa shape index (κ2) is 3.73. The molecule has 0 amide bonds. The van der Waals surface area contributed by atoms with E-state index in [0.717, 1.165) is 17.6 Å². The van der Waals surface area contributed by atoms with Crippen LogP contribution in [0.25, 0.3) is 10.8 Å². The highest BCUT2D eigenvalue weighted by atomic mass is 16.1. The predicted octanol–water partition coefficient (Wildman–Crippen LogP) is 2.89. The summed E-state index contributed by atoms with van der Waals surface area (Å²) >= 11 is 0. The summed E-state index contributed by atoms with van der Waals surface area (Å²) in [5, 5.41) is 2.23. The zero-order valence-corrected chi connectivity index (χ0v) is 10.9. The summed E-state index contributed by atoms with van der Waals surface area (Å²) in [6.45, 7) is 2.49. The third-order valence-electron chi connectivity index (χ3n) is 3.62. The lowest BCUT2D eigenvalue weighted by atomic mass is 9.97. The van der Waals surface area contributed by atoms with Crippen molar-refractivity contribution in [3.63, 3.8) is 0 Å². The quantitative estimate of drug-likeness (QED) is 0.716. The topological polar surface area (TPSA) is 23.6 Å². The van der Waals surface area contributed by atoms with Gasteiger partial charge in [0.25, 0.3) is 0 Å². The fraction of sp³-hybridized carbons (Fsp3) is 0.267. The molecule has 2 aromatic rings. The lowest BCUT2D eigenvalue weighted by molar-refractivity contribution is 0.101. The van der Waals surface area contributed by atoms with Crippen molar-refractivity contribution in [2.24, 2.45) is 0 Å². The normalized spacial score (nSPS) is 14.2. The molecule has 0 bridgehead atoms. The number of anilines is 2. The average Bonchev–Trinajstić information content (AvgIpc) is 2.34. The SMILES string of the molecule is CC(=O)c1ccc2c3c(cccc13)N(C)CN2C. The van der Waals surface area contributed by atoms with E-state index in [9.17, 15) is 4.79 Å². The molecule has 0 radical (unpaired) electrons. The molecular weight excluding hydrogens is 224 g/mol. The summed E-state index contributed by atoms with van der Waals surface area (Å²) in [4.78, 5) is 16.1. The fourth-order valence-corrected chi connectivity index (χ4v) is 2.78. The number of carbonyl (C=O) groups is 1. The van der Waals surface area contributed by atoms with Crippen LogP contribution in [0.4, 0.5) is 11.4 Å². The van der Waals surface area contributed by atoms with Crippen molar-refractivity contribution in [1.29, 1.82) is 0 Å². The fourth-order valence-electron chi connectivity index (χ4n) is 2.78. The number of Topliss-reactive ketones (excluding diaryl/α,β-unsaturated/α-hetero) is 1. The Balaban J connectivity index is 2.45. The summed E-state index contributed by atoms with van der Waals surface area (Å²) in [6.07, 6.45) is 0. The van der Waals surface area contributed by atoms with E-state index in [2.05, 4.69) is 36.0 Å². The van der Waals surface area contributed by atoms with E-state index in [1.165, 1.54) is 16.8 Å². The Hall–Kier alpha value is -2.03. The molecule has 0 saturated heterocycles. The molecule has 0 unspecified atom stereocenters. The van der Waals surface area contributed by atoms with E-state index >= 15 is 0 Å². The maximum atomic E-state index is 11.7. The van der Waals surface area contributed by atoms with Gasteiger partial charge in [0.1, 0.15) is 0 Å². The first-order chi connectivity index (χ1) is 8.59. The van der Waals surface area contributed by atoms with Crippen LogP contribution in [-0.2, 0) is 0 Å². The highest BCUT2D eigenvalue weighted by molar-refractivity contribution is 6.14. The molecule has 3 nitrogen and oxygen atoms in total. The molecule has 1 aliphatic rings. The van der Waals surface area contributed by atoms with Crippen LogP contribution in [0.1, 0.15) is 17.3 Å². The maximum Gasteiger partial charge on any atom is 0.160 e. The zero-order valence-electron chi connectivity index (χ0n) is 10.9. The van der Waals surface area contributed by atoms with Crippen LogP contribution in [0, 0.1) is 0 Å². The third-order valence-corrected chi connectivity index (χ3v) is 3.62. The number of rotatable bonds is 1. The Labute approximate surface area is 107 Å². The minimum atomic E-state index is 0.120. The molecule has 1 heterocycles. The average molecular weight is 240 g/mol. The van der Waals surface area contributed by atoms with Crippen molar-refractivity contribution in [3.8, 4) is 0 Å². The van der Waals surface area contributed by atoms with Crippen LogP contribution in [0.15, 0.2) is 30.3 Å². The van der Waals surface area contributed by atoms with Gasteiger partial charge in [0.05, 0.1) is 6.67 Å². The number of benzene rings is 2. The summed E-state index contributed by atoms with van der Waals surface area (Å²) in [5.41, 5.74) is 3.20. The van der Waals surface area contributed by atoms with Gasteiger partial charge in [-0.2, -0.15) is 0 Å². The summed E-state index contributed by atoms with van der Waals surface area (Å²) in [7, 11) is 4.16. The molecule has 0 atom stereocenters. The van der Waals surface area contributed by atoms with Gasteiger partial charge in [-0.05, 0) is 30.5 Å². The van der Waals surface area contributed by atoms with Gasteiger partial charge in [-0.1, -0.05) is 12.1 Å². The molecule has 0 aliphatic carbocycles. The van der Waals surface area contributed by atoms with Crippen LogP contribution in [0.2, 0.25) is 0 Å². The van der Waals surface area contributed by atoms with Crippen molar-refractivity contribution < 1.29 is 4.79 Å². The van der Waals surface area contributed by atoms with E-state index in [1.54, 1.807) is 6.92 Å². The van der Waals surface area contributed by atoms with E-state index < -0.39 is 0 Å². The minimum Gasteiger partial charge on any atom is -0.356 e. The first-order valence-corrected chi connectivity index (χ1v) is 6.08. The molecule has 0 fully saturated rings. The van der Waals surface area contributed by atoms with Gasteiger partial charge in [0.15, 0.2) is 5.78 Å². The molecule has 3 heteroatoms. The van der Waals surface area contributed by atoms with Gasteiger partial charge in [-0.15, -0.1) is 0 Å². The van der Waals surface area contributed by atoms with Gasteiger partial charge >= 0.3 is 0 Å². The van der Waals surface area contributed by atoms with Crippen molar-refractivity contribution >= 4 is 27.9 Å². The van der Waals surface area contributed by atoms with Gasteiger partial charge in [-0.3, -0.25) is 4.79 Å². The van der Waals surface area contributed by atoms with Gasteiger partial charge in [-0.25, -0.2) is 0 Å². The van der Waals surface area contributed by atoms with Crippen LogP contribution in [0.5, 0.6) is 0 Å². The van der Waals surface area contributed by atoms with E-state index in [0.29, 0.717) is 0 Å². The highest BCUT2D eigenvalue weighted by Crippen LogP contribution is 2.39. The van der Waals surface area contributed by atoms with Crippen molar-refractivity contribution in [2.75, 3.05) is 30.6 Å². The Kier molecular flexibility index (Phi) is 2.30. The number of carbonyl (C=O) groups excluding carboxylic acids is 1. The van der Waals surface area contributed by atoms with Crippen LogP contribution < -0.4 is 9.80 Å². The minimum absolute atomic E-state index is 0.120. The monoisotopic (exact) mass is 240 g/mol. The molecule has 0 saturated carbocycles. The summed E-state index contributed by atoms with van der Waals surface area (Å²) in [6, 6.07) is 10.2. The Morgan fingerprint density at radius 2 is 1.72 bits per heavy atom. The molecular formula is C15H16N2O. The lowest BCUT2D eigenvalue weighted by Crippen LogP contribution is -2.36. The maximum absolute atomic E-state index is 11.7. The van der Waals surface area contributed by atoms with Gasteiger partial charge < -0.3 is 9.80 Å². The number of ketones is 1. The van der Waals surface area contributed by atoms with Gasteiger partial charge in [0, 0.05) is 36.4 Å². The number of hydrogen-bond donors (Lipinski definition) is 0. The first kappa shape index (κ1) is 11.1. The standard InChI is InChI=1S/C15H16N2O/c1-10(18)11-7-8-14-15-12(11)5-4-6-13(15)16(2)9-17(14)3/h4-8H,9H2,1-3H3. The van der Waals surface area contributed by atoms with Crippen LogP contribution in [0.3, 0.4) is 0 Å². The third kappa shape index (κ3) is 1.40. The largest absolute Gasteiger partial charge is 0.356 e. The molecule has 0 N–H and O–H groups in total.